The van der Waals surface area contributed by atoms with Gasteiger partial charge < -0.3 is 4.74 Å². The molecule has 1 N–H and O–H groups in total. The fraction of sp³-hybridized carbons (Fsp3) is 0.217. The van der Waals surface area contributed by atoms with Crippen LogP contribution in [0.3, 0.4) is 0 Å². The Bertz CT molecular complexity index is 957. The van der Waals surface area contributed by atoms with Crippen LogP contribution in [0.5, 0.6) is 5.75 Å². The Balaban J connectivity index is 1.62. The van der Waals surface area contributed by atoms with Crippen LogP contribution in [0.2, 0.25) is 0 Å². The van der Waals surface area contributed by atoms with Crippen LogP contribution >= 0.6 is 11.3 Å². The van der Waals surface area contributed by atoms with E-state index < -0.39 is 0 Å². The maximum absolute atomic E-state index is 12.2. The van der Waals surface area contributed by atoms with Crippen molar-refractivity contribution in [1.29, 1.82) is 0 Å². The quantitative estimate of drug-likeness (QED) is 0.512. The average molecular weight is 393 g/mol. The van der Waals surface area contributed by atoms with Crippen molar-refractivity contribution in [2.45, 2.75) is 27.2 Å². The summed E-state index contributed by atoms with van der Waals surface area (Å²) in [6.45, 7) is 6.85. The SMILES string of the molecule is CCCOc1ccc(/C=C/C(=O)Nc2nc(-c3ccc(C)cc3)c(C)s2)cc1. The normalized spacial score (nSPS) is 11.0. The summed E-state index contributed by atoms with van der Waals surface area (Å²) in [6, 6.07) is 15.9. The minimum absolute atomic E-state index is 0.199. The monoisotopic (exact) mass is 392 g/mol. The molecule has 1 heterocycles. The third-order valence-electron chi connectivity index (χ3n) is 4.13. The zero-order valence-corrected chi connectivity index (χ0v) is 17.2. The van der Waals surface area contributed by atoms with Crippen molar-refractivity contribution in [2.75, 3.05) is 11.9 Å². The Morgan fingerprint density at radius 3 is 2.50 bits per heavy atom. The number of carbonyl (C=O) groups excluding carboxylic acids is 1. The molecule has 0 spiro atoms. The average Bonchev–Trinajstić information content (AvgIpc) is 3.06. The van der Waals surface area contributed by atoms with Gasteiger partial charge in [-0.05, 0) is 44.0 Å². The molecule has 0 radical (unpaired) electrons. The standard InChI is InChI=1S/C23H24N2O2S/c1-4-15-27-20-12-7-18(8-13-20)9-14-21(26)24-23-25-22(17(3)28-23)19-10-5-16(2)6-11-19/h5-14H,4,15H2,1-3H3,(H,24,25,26)/b14-9+. The molecule has 1 amide bonds. The first-order valence-corrected chi connectivity index (χ1v) is 10.1. The van der Waals surface area contributed by atoms with Gasteiger partial charge in [-0.25, -0.2) is 4.98 Å². The number of ether oxygens (including phenoxy) is 1. The summed E-state index contributed by atoms with van der Waals surface area (Å²) in [7, 11) is 0. The molecule has 0 unspecified atom stereocenters. The van der Waals surface area contributed by atoms with Gasteiger partial charge in [0.05, 0.1) is 12.3 Å². The van der Waals surface area contributed by atoms with E-state index in [1.165, 1.54) is 23.0 Å². The number of benzene rings is 2. The van der Waals surface area contributed by atoms with Gasteiger partial charge in [-0.15, -0.1) is 11.3 Å². The molecule has 0 saturated heterocycles. The van der Waals surface area contributed by atoms with Gasteiger partial charge in [-0.3, -0.25) is 10.1 Å². The van der Waals surface area contributed by atoms with Crippen LogP contribution in [0, 0.1) is 13.8 Å². The highest BCUT2D eigenvalue weighted by Crippen LogP contribution is 2.30. The smallest absolute Gasteiger partial charge is 0.250 e. The second-order valence-corrected chi connectivity index (χ2v) is 7.73. The summed E-state index contributed by atoms with van der Waals surface area (Å²) in [6.07, 6.45) is 4.27. The van der Waals surface area contributed by atoms with Crippen molar-refractivity contribution in [2.24, 2.45) is 0 Å². The van der Waals surface area contributed by atoms with Gasteiger partial charge in [0.2, 0.25) is 5.91 Å². The van der Waals surface area contributed by atoms with Crippen molar-refractivity contribution in [3.8, 4) is 17.0 Å². The van der Waals surface area contributed by atoms with Gasteiger partial charge in [0.15, 0.2) is 5.13 Å². The Morgan fingerprint density at radius 2 is 1.82 bits per heavy atom. The molecule has 0 atom stereocenters. The van der Waals surface area contributed by atoms with Crippen LogP contribution in [0.15, 0.2) is 54.6 Å². The molecular formula is C23H24N2O2S. The molecule has 3 aromatic rings. The lowest BCUT2D eigenvalue weighted by molar-refractivity contribution is -0.111. The molecule has 28 heavy (non-hydrogen) atoms. The molecule has 0 aliphatic rings. The van der Waals surface area contributed by atoms with Gasteiger partial charge in [0.1, 0.15) is 5.75 Å². The second-order valence-electron chi connectivity index (χ2n) is 6.53. The number of hydrogen-bond donors (Lipinski definition) is 1. The van der Waals surface area contributed by atoms with Crippen LogP contribution in [0.25, 0.3) is 17.3 Å². The highest BCUT2D eigenvalue weighted by Gasteiger charge is 2.11. The number of thiazole rings is 1. The summed E-state index contributed by atoms with van der Waals surface area (Å²) in [5, 5.41) is 3.45. The predicted octanol–water partition coefficient (Wildman–Crippen LogP) is 5.87. The van der Waals surface area contributed by atoms with Gasteiger partial charge >= 0.3 is 0 Å². The van der Waals surface area contributed by atoms with Crippen LogP contribution in [0.1, 0.15) is 29.3 Å². The number of anilines is 1. The Kier molecular flexibility index (Phi) is 6.61. The third kappa shape index (κ3) is 5.30. The van der Waals surface area contributed by atoms with Crippen molar-refractivity contribution < 1.29 is 9.53 Å². The van der Waals surface area contributed by atoms with E-state index in [2.05, 4.69) is 48.4 Å². The van der Waals surface area contributed by atoms with Crippen LogP contribution in [0.4, 0.5) is 5.13 Å². The molecule has 4 nitrogen and oxygen atoms in total. The molecule has 1 aromatic heterocycles. The van der Waals surface area contributed by atoms with Crippen molar-refractivity contribution >= 4 is 28.5 Å². The first-order valence-electron chi connectivity index (χ1n) is 9.31. The van der Waals surface area contributed by atoms with E-state index in [1.807, 2.05) is 31.2 Å². The zero-order chi connectivity index (χ0) is 19.9. The number of aromatic nitrogens is 1. The summed E-state index contributed by atoms with van der Waals surface area (Å²) in [5.41, 5.74) is 4.11. The third-order valence-corrected chi connectivity index (χ3v) is 5.02. The number of nitrogens with one attached hydrogen (secondary N) is 1. The lowest BCUT2D eigenvalue weighted by Crippen LogP contribution is -2.07. The fourth-order valence-electron chi connectivity index (χ4n) is 2.64. The lowest BCUT2D eigenvalue weighted by atomic mass is 10.1. The summed E-state index contributed by atoms with van der Waals surface area (Å²) >= 11 is 1.48. The number of rotatable bonds is 7. The zero-order valence-electron chi connectivity index (χ0n) is 16.4. The van der Waals surface area contributed by atoms with E-state index in [1.54, 1.807) is 6.08 Å². The molecule has 144 valence electrons. The molecule has 5 heteroatoms. The highest BCUT2D eigenvalue weighted by atomic mass is 32.1. The van der Waals surface area contributed by atoms with Crippen LogP contribution in [-0.2, 0) is 4.79 Å². The Labute approximate surface area is 169 Å². The van der Waals surface area contributed by atoms with Crippen molar-refractivity contribution in [3.05, 3.63) is 70.6 Å². The van der Waals surface area contributed by atoms with E-state index in [-0.39, 0.29) is 5.91 Å². The second kappa shape index (κ2) is 9.33. The van der Waals surface area contributed by atoms with Crippen molar-refractivity contribution in [3.63, 3.8) is 0 Å². The van der Waals surface area contributed by atoms with Gasteiger partial charge in [0.25, 0.3) is 0 Å². The topological polar surface area (TPSA) is 51.2 Å². The van der Waals surface area contributed by atoms with Crippen molar-refractivity contribution in [1.82, 2.24) is 4.98 Å². The number of aryl methyl sites for hydroxylation is 2. The maximum atomic E-state index is 12.2. The Hall–Kier alpha value is -2.92. The minimum atomic E-state index is -0.199. The first kappa shape index (κ1) is 19.8. The molecular weight excluding hydrogens is 368 g/mol. The van der Waals surface area contributed by atoms with Crippen LogP contribution < -0.4 is 10.1 Å². The summed E-state index contributed by atoms with van der Waals surface area (Å²) < 4.78 is 5.56. The van der Waals surface area contributed by atoms with Gasteiger partial charge in [-0.1, -0.05) is 48.9 Å². The Morgan fingerprint density at radius 1 is 1.11 bits per heavy atom. The van der Waals surface area contributed by atoms with E-state index in [9.17, 15) is 4.79 Å². The molecule has 0 fully saturated rings. The number of amides is 1. The summed E-state index contributed by atoms with van der Waals surface area (Å²) in [4.78, 5) is 17.9. The highest BCUT2D eigenvalue weighted by molar-refractivity contribution is 7.16. The molecule has 0 bridgehead atoms. The van der Waals surface area contributed by atoms with E-state index in [0.717, 1.165) is 33.9 Å². The fourth-order valence-corrected chi connectivity index (χ4v) is 3.48. The predicted molar refractivity (Wildman–Crippen MR) is 117 cm³/mol. The maximum Gasteiger partial charge on any atom is 0.250 e. The van der Waals surface area contributed by atoms with Crippen LogP contribution in [-0.4, -0.2) is 17.5 Å². The molecule has 3 rings (SSSR count). The molecule has 2 aromatic carbocycles. The lowest BCUT2D eigenvalue weighted by Gasteiger charge is -2.04. The van der Waals surface area contributed by atoms with Gasteiger partial charge in [0, 0.05) is 16.5 Å². The largest absolute Gasteiger partial charge is 0.494 e. The van der Waals surface area contributed by atoms with E-state index >= 15 is 0 Å². The molecule has 0 aliphatic carbocycles. The number of nitrogens with zero attached hydrogens (tertiary/aromatic N) is 1. The first-order chi connectivity index (χ1) is 13.5. The molecule has 0 saturated carbocycles. The van der Waals surface area contributed by atoms with E-state index in [0.29, 0.717) is 11.7 Å². The number of hydrogen-bond acceptors (Lipinski definition) is 4. The minimum Gasteiger partial charge on any atom is -0.494 e. The number of carbonyl (C=O) groups is 1. The molecule has 0 aliphatic heterocycles. The summed E-state index contributed by atoms with van der Waals surface area (Å²) in [5.74, 6) is 0.640. The van der Waals surface area contributed by atoms with E-state index in [4.69, 9.17) is 4.74 Å². The van der Waals surface area contributed by atoms with Gasteiger partial charge in [-0.2, -0.15) is 0 Å².